The first-order valence-corrected chi connectivity index (χ1v) is 8.91. The molecule has 0 saturated carbocycles. The standard InChI is InChI=1S/C13H14BrN3O2S2/c1-2-6-20-13-17-16-12(21-13)15-11(18)8-19-10-5-3-4-9(14)7-10/h3-5,7H,2,6,8H2,1H3,(H,15,16,18). The average molecular weight is 388 g/mol. The van der Waals surface area contributed by atoms with Gasteiger partial charge in [-0.25, -0.2) is 0 Å². The first-order chi connectivity index (χ1) is 10.2. The summed E-state index contributed by atoms with van der Waals surface area (Å²) in [6.07, 6.45) is 1.08. The minimum Gasteiger partial charge on any atom is -0.484 e. The zero-order valence-corrected chi connectivity index (χ0v) is 14.6. The van der Waals surface area contributed by atoms with Gasteiger partial charge in [0.25, 0.3) is 5.91 Å². The van der Waals surface area contributed by atoms with Crippen molar-refractivity contribution in [3.05, 3.63) is 28.7 Å². The second-order valence-electron chi connectivity index (χ2n) is 4.02. The van der Waals surface area contributed by atoms with E-state index in [0.717, 1.165) is 21.0 Å². The Morgan fingerprint density at radius 1 is 1.48 bits per heavy atom. The first-order valence-electron chi connectivity index (χ1n) is 6.32. The highest BCUT2D eigenvalue weighted by molar-refractivity contribution is 9.10. The number of ether oxygens (including phenoxy) is 1. The molecule has 0 atom stereocenters. The van der Waals surface area contributed by atoms with Crippen molar-refractivity contribution in [3.8, 4) is 5.75 Å². The minimum absolute atomic E-state index is 0.0620. The lowest BCUT2D eigenvalue weighted by Crippen LogP contribution is -2.20. The molecule has 112 valence electrons. The maximum Gasteiger partial charge on any atom is 0.264 e. The predicted octanol–water partition coefficient (Wildman–Crippen LogP) is 3.82. The molecule has 1 N–H and O–H groups in total. The molecule has 8 heteroatoms. The zero-order valence-electron chi connectivity index (χ0n) is 11.3. The number of amides is 1. The Balaban J connectivity index is 1.80. The summed E-state index contributed by atoms with van der Waals surface area (Å²) in [6, 6.07) is 7.34. The topological polar surface area (TPSA) is 64.1 Å². The van der Waals surface area contributed by atoms with Gasteiger partial charge in [-0.3, -0.25) is 10.1 Å². The van der Waals surface area contributed by atoms with Gasteiger partial charge in [-0.05, 0) is 24.6 Å². The number of nitrogens with zero attached hydrogens (tertiary/aromatic N) is 2. The number of halogens is 1. The van der Waals surface area contributed by atoms with Crippen molar-refractivity contribution in [1.29, 1.82) is 0 Å². The normalized spacial score (nSPS) is 10.4. The molecule has 0 unspecified atom stereocenters. The Morgan fingerprint density at radius 2 is 2.33 bits per heavy atom. The molecule has 0 bridgehead atoms. The summed E-state index contributed by atoms with van der Waals surface area (Å²) >= 11 is 6.36. The van der Waals surface area contributed by atoms with E-state index in [0.29, 0.717) is 10.9 Å². The first kappa shape index (κ1) is 16.3. The van der Waals surface area contributed by atoms with Crippen molar-refractivity contribution in [1.82, 2.24) is 10.2 Å². The molecule has 0 radical (unpaired) electrons. The molecular formula is C13H14BrN3O2S2. The van der Waals surface area contributed by atoms with Gasteiger partial charge in [0.2, 0.25) is 5.13 Å². The predicted molar refractivity (Wildman–Crippen MR) is 89.2 cm³/mol. The van der Waals surface area contributed by atoms with E-state index in [2.05, 4.69) is 38.4 Å². The minimum atomic E-state index is -0.252. The number of hydrogen-bond acceptors (Lipinski definition) is 6. The van der Waals surface area contributed by atoms with Gasteiger partial charge in [0.05, 0.1) is 0 Å². The lowest BCUT2D eigenvalue weighted by Gasteiger charge is -2.05. The second-order valence-corrected chi connectivity index (χ2v) is 7.25. The number of carbonyl (C=O) groups excluding carboxylic acids is 1. The third-order valence-electron chi connectivity index (χ3n) is 2.25. The van der Waals surface area contributed by atoms with Gasteiger partial charge in [0.1, 0.15) is 5.75 Å². The molecule has 1 amide bonds. The fourth-order valence-corrected chi connectivity index (χ4v) is 3.44. The number of hydrogen-bond donors (Lipinski definition) is 1. The van der Waals surface area contributed by atoms with Crippen LogP contribution in [0.5, 0.6) is 5.75 Å². The van der Waals surface area contributed by atoms with Crippen LogP contribution in [0.4, 0.5) is 5.13 Å². The molecular weight excluding hydrogens is 374 g/mol. The smallest absolute Gasteiger partial charge is 0.264 e. The quantitative estimate of drug-likeness (QED) is 0.577. The number of benzene rings is 1. The van der Waals surface area contributed by atoms with Crippen molar-refractivity contribution < 1.29 is 9.53 Å². The average Bonchev–Trinajstić information content (AvgIpc) is 2.90. The summed E-state index contributed by atoms with van der Waals surface area (Å²) in [6.45, 7) is 2.05. The third-order valence-corrected chi connectivity index (χ3v) is 4.92. The molecule has 2 rings (SSSR count). The second kappa shape index (κ2) is 8.35. The summed E-state index contributed by atoms with van der Waals surface area (Å²) in [7, 11) is 0. The number of aromatic nitrogens is 2. The van der Waals surface area contributed by atoms with Crippen molar-refractivity contribution in [2.45, 2.75) is 17.7 Å². The van der Waals surface area contributed by atoms with E-state index in [1.54, 1.807) is 23.9 Å². The maximum atomic E-state index is 11.8. The van der Waals surface area contributed by atoms with Crippen LogP contribution in [0.1, 0.15) is 13.3 Å². The molecule has 2 aromatic rings. The number of rotatable bonds is 7. The van der Waals surface area contributed by atoms with Crippen LogP contribution in [-0.4, -0.2) is 28.5 Å². The van der Waals surface area contributed by atoms with Gasteiger partial charge in [-0.2, -0.15) is 0 Å². The molecule has 1 aromatic carbocycles. The van der Waals surface area contributed by atoms with Crippen molar-refractivity contribution in [2.24, 2.45) is 0 Å². The van der Waals surface area contributed by atoms with Crippen LogP contribution in [0.15, 0.2) is 33.1 Å². The van der Waals surface area contributed by atoms with Crippen molar-refractivity contribution >= 4 is 50.1 Å². The van der Waals surface area contributed by atoms with E-state index >= 15 is 0 Å². The third kappa shape index (κ3) is 5.64. The SMILES string of the molecule is CCCSc1nnc(NC(=O)COc2cccc(Br)c2)s1. The molecule has 0 aliphatic heterocycles. The van der Waals surface area contributed by atoms with Crippen LogP contribution < -0.4 is 10.1 Å². The Labute approximate surface area is 139 Å². The highest BCUT2D eigenvalue weighted by atomic mass is 79.9. The van der Waals surface area contributed by atoms with Crippen LogP contribution in [0, 0.1) is 0 Å². The largest absolute Gasteiger partial charge is 0.484 e. The molecule has 0 fully saturated rings. The summed E-state index contributed by atoms with van der Waals surface area (Å²) < 4.78 is 7.17. The van der Waals surface area contributed by atoms with E-state index in [1.165, 1.54) is 11.3 Å². The molecule has 21 heavy (non-hydrogen) atoms. The van der Waals surface area contributed by atoms with Crippen LogP contribution in [0.25, 0.3) is 0 Å². The Hall–Kier alpha value is -1.12. The zero-order chi connectivity index (χ0) is 15.1. The molecule has 0 spiro atoms. The highest BCUT2D eigenvalue weighted by Crippen LogP contribution is 2.25. The lowest BCUT2D eigenvalue weighted by atomic mass is 10.3. The summed E-state index contributed by atoms with van der Waals surface area (Å²) in [5, 5.41) is 11.1. The van der Waals surface area contributed by atoms with Crippen molar-refractivity contribution in [3.63, 3.8) is 0 Å². The van der Waals surface area contributed by atoms with Gasteiger partial charge in [0, 0.05) is 10.2 Å². The number of carbonyl (C=O) groups is 1. The van der Waals surface area contributed by atoms with Crippen LogP contribution in [0.3, 0.4) is 0 Å². The number of nitrogens with one attached hydrogen (secondary N) is 1. The van der Waals surface area contributed by atoms with Gasteiger partial charge >= 0.3 is 0 Å². The van der Waals surface area contributed by atoms with E-state index in [4.69, 9.17) is 4.74 Å². The molecule has 1 heterocycles. The number of anilines is 1. The Kier molecular flexibility index (Phi) is 6.47. The van der Waals surface area contributed by atoms with Crippen LogP contribution >= 0.6 is 39.0 Å². The van der Waals surface area contributed by atoms with E-state index in [9.17, 15) is 4.79 Å². The molecule has 5 nitrogen and oxygen atoms in total. The van der Waals surface area contributed by atoms with E-state index < -0.39 is 0 Å². The molecule has 1 aromatic heterocycles. The summed E-state index contributed by atoms with van der Waals surface area (Å²) in [5.74, 6) is 1.38. The highest BCUT2D eigenvalue weighted by Gasteiger charge is 2.09. The van der Waals surface area contributed by atoms with E-state index in [1.807, 2.05) is 12.1 Å². The molecule has 0 aliphatic rings. The monoisotopic (exact) mass is 387 g/mol. The maximum absolute atomic E-state index is 11.8. The fourth-order valence-electron chi connectivity index (χ4n) is 1.37. The molecule has 0 aliphatic carbocycles. The van der Waals surface area contributed by atoms with Gasteiger partial charge < -0.3 is 4.74 Å². The van der Waals surface area contributed by atoms with Crippen LogP contribution in [0.2, 0.25) is 0 Å². The number of thioether (sulfide) groups is 1. The lowest BCUT2D eigenvalue weighted by molar-refractivity contribution is -0.118. The van der Waals surface area contributed by atoms with Gasteiger partial charge in [-0.15, -0.1) is 10.2 Å². The van der Waals surface area contributed by atoms with Crippen LogP contribution in [-0.2, 0) is 4.79 Å². The summed E-state index contributed by atoms with van der Waals surface area (Å²) in [5.41, 5.74) is 0. The van der Waals surface area contributed by atoms with Crippen molar-refractivity contribution in [2.75, 3.05) is 17.7 Å². The Bertz CT molecular complexity index is 607. The molecule has 0 saturated heterocycles. The van der Waals surface area contributed by atoms with Gasteiger partial charge in [0.15, 0.2) is 10.9 Å². The van der Waals surface area contributed by atoms with Gasteiger partial charge in [-0.1, -0.05) is 52.0 Å². The Morgan fingerprint density at radius 3 is 3.10 bits per heavy atom. The fraction of sp³-hybridized carbons (Fsp3) is 0.308. The summed E-state index contributed by atoms with van der Waals surface area (Å²) in [4.78, 5) is 11.8. The van der Waals surface area contributed by atoms with E-state index in [-0.39, 0.29) is 12.5 Å².